The molecule has 1 fully saturated rings. The van der Waals surface area contributed by atoms with Crippen LogP contribution in [0, 0.1) is 17.1 Å². The first-order valence-corrected chi connectivity index (χ1v) is 9.59. The van der Waals surface area contributed by atoms with E-state index in [1.165, 1.54) is 6.42 Å². The predicted molar refractivity (Wildman–Crippen MR) is 106 cm³/mol. The Balaban J connectivity index is 1.64. The number of nitrogens with one attached hydrogen (secondary N) is 1. The number of pyridine rings is 1. The average molecular weight is 375 g/mol. The van der Waals surface area contributed by atoms with Gasteiger partial charge in [0.2, 0.25) is 0 Å². The lowest BCUT2D eigenvalue weighted by Crippen LogP contribution is -2.24. The summed E-state index contributed by atoms with van der Waals surface area (Å²) in [6.07, 6.45) is 7.79. The van der Waals surface area contributed by atoms with Gasteiger partial charge in [0.25, 0.3) is 0 Å². The Morgan fingerprint density at radius 1 is 1.18 bits per heavy atom. The van der Waals surface area contributed by atoms with Crippen LogP contribution in [0.15, 0.2) is 47.3 Å². The van der Waals surface area contributed by atoms with Crippen molar-refractivity contribution >= 4 is 6.21 Å². The molecule has 0 spiro atoms. The summed E-state index contributed by atoms with van der Waals surface area (Å²) in [4.78, 5) is 8.43. The molecule has 1 atom stereocenters. The van der Waals surface area contributed by atoms with Crippen LogP contribution in [-0.4, -0.2) is 11.2 Å². The number of aryl methyl sites for hydroxylation is 1. The van der Waals surface area contributed by atoms with Crippen LogP contribution in [0.3, 0.4) is 0 Å². The zero-order chi connectivity index (χ0) is 19.5. The minimum atomic E-state index is -0.332. The topological polar surface area (TPSA) is 87.1 Å². The number of hydrogen-bond acceptors (Lipinski definition) is 5. The fourth-order valence-electron chi connectivity index (χ4n) is 3.77. The third-order valence-corrected chi connectivity index (χ3v) is 5.53. The number of rotatable bonds is 5. The minimum Gasteiger partial charge on any atom is -0.383 e. The van der Waals surface area contributed by atoms with E-state index in [9.17, 15) is 0 Å². The van der Waals surface area contributed by atoms with Crippen LogP contribution in [0.4, 0.5) is 4.39 Å². The average Bonchev–Trinajstić information content (AvgIpc) is 2.67. The highest BCUT2D eigenvalue weighted by Gasteiger charge is 2.26. The van der Waals surface area contributed by atoms with Gasteiger partial charge in [0.15, 0.2) is 0 Å². The molecule has 142 valence electrons. The number of aromatic nitrogens is 1. The number of nitrogens with two attached hydrogens (primary N) is 1. The van der Waals surface area contributed by atoms with Gasteiger partial charge >= 0.3 is 0 Å². The molecule has 0 saturated heterocycles. The molecule has 6 heteroatoms. The van der Waals surface area contributed by atoms with Crippen LogP contribution < -0.4 is 11.1 Å². The van der Waals surface area contributed by atoms with Gasteiger partial charge in [-0.05, 0) is 54.9 Å². The molecule has 0 radical (unpaired) electrons. The van der Waals surface area contributed by atoms with Crippen molar-refractivity contribution in [3.8, 4) is 6.07 Å². The van der Waals surface area contributed by atoms with Gasteiger partial charge in [0.05, 0.1) is 6.04 Å². The molecule has 1 unspecified atom stereocenters. The van der Waals surface area contributed by atoms with Crippen molar-refractivity contribution in [1.82, 2.24) is 10.3 Å². The second kappa shape index (κ2) is 7.81. The van der Waals surface area contributed by atoms with Crippen molar-refractivity contribution < 1.29 is 4.39 Å². The maximum atomic E-state index is 15.6. The minimum absolute atomic E-state index is 0.182. The number of nitriles is 1. The summed E-state index contributed by atoms with van der Waals surface area (Å²) >= 11 is 0. The van der Waals surface area contributed by atoms with Gasteiger partial charge in [-0.25, -0.2) is 14.4 Å². The lowest BCUT2D eigenvalue weighted by atomic mass is 9.76. The Morgan fingerprint density at radius 2 is 2.00 bits per heavy atom. The molecular formula is C22H22FN5. The van der Waals surface area contributed by atoms with Crippen LogP contribution in [0.25, 0.3) is 0 Å². The largest absolute Gasteiger partial charge is 0.383 e. The molecule has 0 amide bonds. The summed E-state index contributed by atoms with van der Waals surface area (Å²) in [5.41, 5.74) is 9.27. The molecule has 1 saturated carbocycles. The van der Waals surface area contributed by atoms with Gasteiger partial charge in [-0.1, -0.05) is 24.6 Å². The number of hydrogen-bond donors (Lipinski definition) is 2. The highest BCUT2D eigenvalue weighted by Crippen LogP contribution is 2.40. The molecule has 2 heterocycles. The third-order valence-electron chi connectivity index (χ3n) is 5.53. The second-order valence-electron chi connectivity index (χ2n) is 7.28. The predicted octanol–water partition coefficient (Wildman–Crippen LogP) is 3.62. The van der Waals surface area contributed by atoms with Crippen LogP contribution in [0.5, 0.6) is 0 Å². The van der Waals surface area contributed by atoms with Gasteiger partial charge in [0.1, 0.15) is 23.4 Å². The van der Waals surface area contributed by atoms with E-state index in [1.54, 1.807) is 18.5 Å². The van der Waals surface area contributed by atoms with Crippen molar-refractivity contribution in [3.63, 3.8) is 0 Å². The first-order chi connectivity index (χ1) is 13.7. The van der Waals surface area contributed by atoms with Crippen LogP contribution >= 0.6 is 0 Å². The lowest BCUT2D eigenvalue weighted by Gasteiger charge is -2.29. The van der Waals surface area contributed by atoms with E-state index in [4.69, 9.17) is 11.0 Å². The Labute approximate surface area is 163 Å². The summed E-state index contributed by atoms with van der Waals surface area (Å²) < 4.78 is 15.6. The number of benzene rings is 1. The Kier molecular flexibility index (Phi) is 5.07. The van der Waals surface area contributed by atoms with Crippen molar-refractivity contribution in [2.24, 2.45) is 10.7 Å². The van der Waals surface area contributed by atoms with Gasteiger partial charge in [-0.2, -0.15) is 5.26 Å². The molecule has 1 aromatic carbocycles. The van der Waals surface area contributed by atoms with E-state index in [-0.39, 0.29) is 11.9 Å². The molecule has 4 rings (SSSR count). The van der Waals surface area contributed by atoms with E-state index in [1.807, 2.05) is 18.2 Å². The van der Waals surface area contributed by atoms with E-state index in [0.717, 1.165) is 29.7 Å². The molecule has 1 aromatic heterocycles. The van der Waals surface area contributed by atoms with Gasteiger partial charge in [0, 0.05) is 23.7 Å². The van der Waals surface area contributed by atoms with Crippen LogP contribution in [0.1, 0.15) is 59.3 Å². The Morgan fingerprint density at radius 3 is 2.68 bits per heavy atom. The third kappa shape index (κ3) is 3.61. The fraction of sp³-hybridized carbons (Fsp3) is 0.318. The SMILES string of the molecule is N#Cc1cccc(CCc2c(C3CCC3)ccc(C3C=NC(N)=CN3)c2F)n1. The summed E-state index contributed by atoms with van der Waals surface area (Å²) in [6, 6.07) is 11.0. The number of halogens is 1. The lowest BCUT2D eigenvalue weighted by molar-refractivity contribution is 0.413. The van der Waals surface area contributed by atoms with Crippen LogP contribution in [-0.2, 0) is 12.8 Å². The van der Waals surface area contributed by atoms with Crippen molar-refractivity contribution in [2.45, 2.75) is 44.1 Å². The van der Waals surface area contributed by atoms with Gasteiger partial charge < -0.3 is 11.1 Å². The molecular weight excluding hydrogens is 353 g/mol. The maximum absolute atomic E-state index is 15.6. The molecule has 2 aromatic rings. The Bertz CT molecular complexity index is 985. The van der Waals surface area contributed by atoms with E-state index >= 15 is 4.39 Å². The van der Waals surface area contributed by atoms with Crippen molar-refractivity contribution in [3.05, 3.63) is 76.2 Å². The molecule has 1 aliphatic heterocycles. The number of aliphatic imine (C=N–C) groups is 1. The standard InChI is InChI=1S/C22H22FN5/c23-22-18(8-7-15-5-2-6-16(11-24)28-15)17(14-3-1-4-14)9-10-19(22)20-12-27-21(25)13-26-20/h2,5-6,9-10,12-14,20,26H,1,3-4,7-8,25H2. The molecule has 0 bridgehead atoms. The zero-order valence-electron chi connectivity index (χ0n) is 15.5. The highest BCUT2D eigenvalue weighted by atomic mass is 19.1. The fourth-order valence-corrected chi connectivity index (χ4v) is 3.77. The van der Waals surface area contributed by atoms with E-state index in [0.29, 0.717) is 35.8 Å². The van der Waals surface area contributed by atoms with Gasteiger partial charge in [-0.15, -0.1) is 0 Å². The Hall–Kier alpha value is -3.20. The monoisotopic (exact) mass is 375 g/mol. The highest BCUT2D eigenvalue weighted by molar-refractivity contribution is 5.70. The van der Waals surface area contributed by atoms with E-state index < -0.39 is 0 Å². The van der Waals surface area contributed by atoms with E-state index in [2.05, 4.69) is 27.4 Å². The summed E-state index contributed by atoms with van der Waals surface area (Å²) in [5.74, 6) is 0.630. The maximum Gasteiger partial charge on any atom is 0.140 e. The smallest absolute Gasteiger partial charge is 0.140 e. The molecule has 1 aliphatic carbocycles. The summed E-state index contributed by atoms with van der Waals surface area (Å²) in [5, 5.41) is 12.1. The van der Waals surface area contributed by atoms with Crippen molar-refractivity contribution in [1.29, 1.82) is 5.26 Å². The zero-order valence-corrected chi connectivity index (χ0v) is 15.5. The first-order valence-electron chi connectivity index (χ1n) is 9.59. The van der Waals surface area contributed by atoms with Crippen molar-refractivity contribution in [2.75, 3.05) is 0 Å². The first kappa shape index (κ1) is 18.2. The number of nitrogens with zero attached hydrogens (tertiary/aromatic N) is 3. The summed E-state index contributed by atoms with van der Waals surface area (Å²) in [6.45, 7) is 0. The normalized spacial score (nSPS) is 18.7. The van der Waals surface area contributed by atoms with Gasteiger partial charge in [-0.3, -0.25) is 0 Å². The molecule has 3 N–H and O–H groups in total. The summed E-state index contributed by atoms with van der Waals surface area (Å²) in [7, 11) is 0. The molecule has 5 nitrogen and oxygen atoms in total. The second-order valence-corrected chi connectivity index (χ2v) is 7.28. The quantitative estimate of drug-likeness (QED) is 0.836. The molecule has 28 heavy (non-hydrogen) atoms. The molecule has 2 aliphatic rings. The van der Waals surface area contributed by atoms with Crippen LogP contribution in [0.2, 0.25) is 0 Å².